The molecule has 1 amide bonds. The van der Waals surface area contributed by atoms with E-state index >= 15 is 0 Å². The van der Waals surface area contributed by atoms with E-state index in [1.165, 1.54) is 0 Å². The van der Waals surface area contributed by atoms with Crippen molar-refractivity contribution in [2.75, 3.05) is 46.5 Å². The van der Waals surface area contributed by atoms with Gasteiger partial charge in [-0.1, -0.05) is 33.8 Å². The number of hydrogen-bond acceptors (Lipinski definition) is 7. The Labute approximate surface area is 238 Å². The average Bonchev–Trinajstić information content (AvgIpc) is 3.20. The molecule has 0 saturated carbocycles. The molecule has 0 bridgehead atoms. The van der Waals surface area contributed by atoms with Gasteiger partial charge in [-0.3, -0.25) is 9.59 Å². The Morgan fingerprint density at radius 2 is 1.70 bits per heavy atom. The quantitative estimate of drug-likeness (QED) is 0.173. The standard InChI is InChI=1S/C32H44N2O6/c1-7-33(8-2)18-10-19-34-29(24-13-16-26(27(21-24)38-6)40-20-17-22(4)5)28(31(36)32(34)37)30(35)23-11-14-25(15-12-23)39-9-3/h11-16,21-22,29,35H,7-10,17-20H2,1-6H3/b30-28-. The number of carbonyl (C=O) groups excluding carboxylic acids is 2. The molecule has 2 aromatic rings. The second kappa shape index (κ2) is 14.7. The number of aliphatic hydroxyl groups excluding tert-OH is 1. The van der Waals surface area contributed by atoms with Gasteiger partial charge in [0.05, 0.1) is 31.9 Å². The third-order valence-corrected chi connectivity index (χ3v) is 7.20. The molecule has 1 aliphatic rings. The summed E-state index contributed by atoms with van der Waals surface area (Å²) in [5.74, 6) is 0.736. The summed E-state index contributed by atoms with van der Waals surface area (Å²) < 4.78 is 17.1. The lowest BCUT2D eigenvalue weighted by Crippen LogP contribution is -2.33. The minimum atomic E-state index is -0.762. The van der Waals surface area contributed by atoms with Crippen LogP contribution in [0.3, 0.4) is 0 Å². The van der Waals surface area contributed by atoms with Crippen molar-refractivity contribution in [2.24, 2.45) is 5.92 Å². The zero-order chi connectivity index (χ0) is 29.2. The third-order valence-electron chi connectivity index (χ3n) is 7.20. The van der Waals surface area contributed by atoms with Gasteiger partial charge < -0.3 is 29.1 Å². The van der Waals surface area contributed by atoms with Crippen LogP contribution in [-0.4, -0.2) is 73.1 Å². The van der Waals surface area contributed by atoms with Gasteiger partial charge in [0.2, 0.25) is 0 Å². The second-order valence-corrected chi connectivity index (χ2v) is 10.3. The molecule has 1 atom stereocenters. The SMILES string of the molecule is CCOc1ccc(/C(O)=C2/C(=O)C(=O)N(CCCN(CC)CC)C2c2ccc(OCCC(C)C)c(OC)c2)cc1. The van der Waals surface area contributed by atoms with Crippen LogP contribution < -0.4 is 14.2 Å². The molecule has 1 unspecified atom stereocenters. The highest BCUT2D eigenvalue weighted by molar-refractivity contribution is 6.46. The van der Waals surface area contributed by atoms with E-state index < -0.39 is 17.7 Å². The highest BCUT2D eigenvalue weighted by Gasteiger charge is 2.46. The molecule has 1 heterocycles. The van der Waals surface area contributed by atoms with Gasteiger partial charge >= 0.3 is 0 Å². The van der Waals surface area contributed by atoms with Crippen molar-refractivity contribution < 1.29 is 28.9 Å². The Kier molecular flexibility index (Phi) is 11.4. The molecule has 0 aromatic heterocycles. The molecular formula is C32H44N2O6. The van der Waals surface area contributed by atoms with E-state index in [2.05, 4.69) is 32.6 Å². The van der Waals surface area contributed by atoms with Gasteiger partial charge in [0.1, 0.15) is 11.5 Å². The van der Waals surface area contributed by atoms with Crippen LogP contribution in [0.25, 0.3) is 5.76 Å². The molecule has 8 heteroatoms. The number of aliphatic hydroxyl groups is 1. The molecule has 3 rings (SSSR count). The minimum absolute atomic E-state index is 0.0625. The van der Waals surface area contributed by atoms with E-state index in [9.17, 15) is 14.7 Å². The van der Waals surface area contributed by atoms with Crippen LogP contribution in [0.5, 0.6) is 17.2 Å². The van der Waals surface area contributed by atoms with Gasteiger partial charge in [-0.05, 0) is 87.3 Å². The summed E-state index contributed by atoms with van der Waals surface area (Å²) >= 11 is 0. The van der Waals surface area contributed by atoms with Gasteiger partial charge in [0, 0.05) is 12.1 Å². The number of rotatable bonds is 15. The lowest BCUT2D eigenvalue weighted by atomic mass is 9.95. The summed E-state index contributed by atoms with van der Waals surface area (Å²) in [5.41, 5.74) is 1.17. The van der Waals surface area contributed by atoms with E-state index in [1.54, 1.807) is 48.4 Å². The molecule has 40 heavy (non-hydrogen) atoms. The summed E-state index contributed by atoms with van der Waals surface area (Å²) in [6.45, 7) is 14.4. The van der Waals surface area contributed by atoms with E-state index in [0.717, 1.165) is 26.1 Å². The van der Waals surface area contributed by atoms with Crippen LogP contribution in [0.15, 0.2) is 48.0 Å². The summed E-state index contributed by atoms with van der Waals surface area (Å²) in [6, 6.07) is 11.5. The molecule has 1 fully saturated rings. The molecule has 0 radical (unpaired) electrons. The first-order valence-electron chi connectivity index (χ1n) is 14.3. The predicted octanol–water partition coefficient (Wildman–Crippen LogP) is 5.67. The smallest absolute Gasteiger partial charge is 0.295 e. The maximum Gasteiger partial charge on any atom is 0.295 e. The molecular weight excluding hydrogens is 508 g/mol. The van der Waals surface area contributed by atoms with Crippen molar-refractivity contribution in [1.82, 2.24) is 9.80 Å². The zero-order valence-corrected chi connectivity index (χ0v) is 24.7. The van der Waals surface area contributed by atoms with Gasteiger partial charge in [0.25, 0.3) is 11.7 Å². The molecule has 2 aromatic carbocycles. The van der Waals surface area contributed by atoms with E-state index in [4.69, 9.17) is 14.2 Å². The Balaban J connectivity index is 2.03. The first-order valence-corrected chi connectivity index (χ1v) is 14.3. The maximum atomic E-state index is 13.4. The number of amides is 1. The van der Waals surface area contributed by atoms with E-state index in [1.807, 2.05) is 13.0 Å². The van der Waals surface area contributed by atoms with E-state index in [-0.39, 0.29) is 11.3 Å². The Morgan fingerprint density at radius 1 is 1.00 bits per heavy atom. The van der Waals surface area contributed by atoms with Gasteiger partial charge in [-0.2, -0.15) is 0 Å². The molecule has 0 spiro atoms. The number of nitrogens with zero attached hydrogens (tertiary/aromatic N) is 2. The summed E-state index contributed by atoms with van der Waals surface area (Å²) in [6.07, 6.45) is 1.60. The number of ketones is 1. The fraction of sp³-hybridized carbons (Fsp3) is 0.500. The molecule has 1 N–H and O–H groups in total. The van der Waals surface area contributed by atoms with Gasteiger partial charge in [0.15, 0.2) is 11.5 Å². The normalized spacial score (nSPS) is 16.7. The van der Waals surface area contributed by atoms with Crippen LogP contribution in [0.1, 0.15) is 64.6 Å². The van der Waals surface area contributed by atoms with E-state index in [0.29, 0.717) is 60.5 Å². The number of methoxy groups -OCH3 is 1. The fourth-order valence-electron chi connectivity index (χ4n) is 4.87. The maximum absolute atomic E-state index is 13.4. The van der Waals surface area contributed by atoms with Crippen molar-refractivity contribution in [2.45, 2.75) is 53.5 Å². The van der Waals surface area contributed by atoms with Crippen LogP contribution in [0.2, 0.25) is 0 Å². The van der Waals surface area contributed by atoms with Crippen molar-refractivity contribution in [3.63, 3.8) is 0 Å². The highest BCUT2D eigenvalue weighted by atomic mass is 16.5. The van der Waals surface area contributed by atoms with Crippen LogP contribution >= 0.6 is 0 Å². The first kappa shape index (κ1) is 31.0. The topological polar surface area (TPSA) is 88.5 Å². The highest BCUT2D eigenvalue weighted by Crippen LogP contribution is 2.42. The van der Waals surface area contributed by atoms with Crippen LogP contribution in [-0.2, 0) is 9.59 Å². The zero-order valence-electron chi connectivity index (χ0n) is 24.7. The van der Waals surface area contributed by atoms with Crippen LogP contribution in [0, 0.1) is 5.92 Å². The van der Waals surface area contributed by atoms with Crippen molar-refractivity contribution in [3.05, 3.63) is 59.2 Å². The minimum Gasteiger partial charge on any atom is -0.507 e. The number of hydrogen-bond donors (Lipinski definition) is 1. The molecule has 1 aliphatic heterocycles. The monoisotopic (exact) mass is 552 g/mol. The molecule has 0 aliphatic carbocycles. The van der Waals surface area contributed by atoms with Crippen molar-refractivity contribution >= 4 is 17.4 Å². The van der Waals surface area contributed by atoms with Crippen molar-refractivity contribution in [1.29, 1.82) is 0 Å². The average molecular weight is 553 g/mol. The summed E-state index contributed by atoms with van der Waals surface area (Å²) in [5, 5.41) is 11.4. The Hall–Kier alpha value is -3.52. The first-order chi connectivity index (χ1) is 19.2. The Morgan fingerprint density at radius 3 is 2.30 bits per heavy atom. The third kappa shape index (κ3) is 7.36. The van der Waals surface area contributed by atoms with Crippen molar-refractivity contribution in [3.8, 4) is 17.2 Å². The number of ether oxygens (including phenoxy) is 3. The molecule has 218 valence electrons. The summed E-state index contributed by atoms with van der Waals surface area (Å²) in [4.78, 5) is 30.6. The number of Topliss-reactive ketones (excluding diaryl/α,β-unsaturated/α-hetero) is 1. The largest absolute Gasteiger partial charge is 0.507 e. The summed E-state index contributed by atoms with van der Waals surface area (Å²) in [7, 11) is 1.56. The van der Waals surface area contributed by atoms with Crippen LogP contribution in [0.4, 0.5) is 0 Å². The lowest BCUT2D eigenvalue weighted by molar-refractivity contribution is -0.140. The lowest BCUT2D eigenvalue weighted by Gasteiger charge is -2.27. The molecule has 8 nitrogen and oxygen atoms in total. The predicted molar refractivity (Wildman–Crippen MR) is 157 cm³/mol. The van der Waals surface area contributed by atoms with Gasteiger partial charge in [-0.15, -0.1) is 0 Å². The molecule has 1 saturated heterocycles. The Bertz CT molecular complexity index is 1170. The second-order valence-electron chi connectivity index (χ2n) is 10.3. The number of benzene rings is 2. The van der Waals surface area contributed by atoms with Gasteiger partial charge in [-0.25, -0.2) is 0 Å². The number of carbonyl (C=O) groups is 2. The fourth-order valence-corrected chi connectivity index (χ4v) is 4.87. The number of likely N-dealkylation sites (tertiary alicyclic amines) is 1.